The molecule has 0 aliphatic heterocycles. The number of carboxylic acids is 1. The summed E-state index contributed by atoms with van der Waals surface area (Å²) in [4.78, 5) is 21.6. The molecule has 0 heterocycles. The molecule has 1 atom stereocenters. The van der Waals surface area contributed by atoms with Crippen LogP contribution in [-0.4, -0.2) is 34.9 Å². The number of nitrogens with one attached hydrogen (secondary N) is 2. The van der Waals surface area contributed by atoms with E-state index in [-0.39, 0.29) is 12.1 Å². The third-order valence-electron chi connectivity index (χ3n) is 2.45. The Kier molecular flexibility index (Phi) is 5.53. The number of benzene rings is 1. The molecular weight excluding hydrogens is 293 g/mol. The molecule has 6 nitrogen and oxygen atoms in total. The molecule has 0 unspecified atom stereocenters. The quantitative estimate of drug-likeness (QED) is 0.651. The van der Waals surface area contributed by atoms with Crippen molar-refractivity contribution in [1.29, 1.82) is 0 Å². The van der Waals surface area contributed by atoms with Crippen LogP contribution in [0.5, 0.6) is 0 Å². The molecule has 0 aliphatic carbocycles. The van der Waals surface area contributed by atoms with Crippen LogP contribution in [0, 0.1) is 0 Å². The zero-order chi connectivity index (χ0) is 16.0. The van der Waals surface area contributed by atoms with Crippen LogP contribution in [0.15, 0.2) is 24.3 Å². The second-order valence-electron chi connectivity index (χ2n) is 4.12. The maximum atomic E-state index is 12.5. The Balaban J connectivity index is 2.48. The number of alkyl halides is 3. The van der Waals surface area contributed by atoms with E-state index in [0.717, 1.165) is 12.1 Å². The SMILES string of the molecule is O=C(NCc1cccc(C(F)(F)F)c1)NC[C@H](O)C(=O)O. The van der Waals surface area contributed by atoms with Crippen LogP contribution >= 0.6 is 0 Å². The molecule has 0 fully saturated rings. The molecule has 1 aromatic carbocycles. The van der Waals surface area contributed by atoms with E-state index in [2.05, 4.69) is 10.6 Å². The monoisotopic (exact) mass is 306 g/mol. The lowest BCUT2D eigenvalue weighted by molar-refractivity contribution is -0.146. The Morgan fingerprint density at radius 3 is 2.48 bits per heavy atom. The van der Waals surface area contributed by atoms with Crippen molar-refractivity contribution < 1.29 is 33.0 Å². The highest BCUT2D eigenvalue weighted by Crippen LogP contribution is 2.29. The van der Waals surface area contributed by atoms with Gasteiger partial charge in [0.05, 0.1) is 12.1 Å². The van der Waals surface area contributed by atoms with Crippen molar-refractivity contribution in [3.05, 3.63) is 35.4 Å². The fourth-order valence-corrected chi connectivity index (χ4v) is 1.38. The molecule has 116 valence electrons. The van der Waals surface area contributed by atoms with Crippen molar-refractivity contribution in [2.45, 2.75) is 18.8 Å². The van der Waals surface area contributed by atoms with Gasteiger partial charge in [-0.2, -0.15) is 13.2 Å². The average molecular weight is 306 g/mol. The molecule has 1 aromatic rings. The summed E-state index contributed by atoms with van der Waals surface area (Å²) in [5.74, 6) is -1.49. The van der Waals surface area contributed by atoms with E-state index in [0.29, 0.717) is 0 Å². The van der Waals surface area contributed by atoms with Gasteiger partial charge in [0.15, 0.2) is 6.10 Å². The van der Waals surface area contributed by atoms with E-state index in [1.165, 1.54) is 12.1 Å². The first kappa shape index (κ1) is 16.8. The number of urea groups is 1. The Morgan fingerprint density at radius 1 is 1.24 bits per heavy atom. The molecule has 4 N–H and O–H groups in total. The van der Waals surface area contributed by atoms with Gasteiger partial charge in [0.25, 0.3) is 0 Å². The number of halogens is 3. The van der Waals surface area contributed by atoms with Gasteiger partial charge in [-0.25, -0.2) is 9.59 Å². The van der Waals surface area contributed by atoms with Gasteiger partial charge >= 0.3 is 18.2 Å². The van der Waals surface area contributed by atoms with Crippen molar-refractivity contribution in [3.8, 4) is 0 Å². The number of hydrogen-bond donors (Lipinski definition) is 4. The van der Waals surface area contributed by atoms with Gasteiger partial charge in [-0.15, -0.1) is 0 Å². The fraction of sp³-hybridized carbons (Fsp3) is 0.333. The highest BCUT2D eigenvalue weighted by molar-refractivity contribution is 5.76. The first-order valence-electron chi connectivity index (χ1n) is 5.79. The van der Waals surface area contributed by atoms with Crippen LogP contribution in [0.25, 0.3) is 0 Å². The molecule has 0 saturated carbocycles. The maximum absolute atomic E-state index is 12.5. The van der Waals surface area contributed by atoms with Crippen LogP contribution in [-0.2, 0) is 17.5 Å². The van der Waals surface area contributed by atoms with Crippen LogP contribution < -0.4 is 10.6 Å². The molecule has 0 spiro atoms. The van der Waals surface area contributed by atoms with Crippen LogP contribution in [0.3, 0.4) is 0 Å². The number of rotatable bonds is 5. The van der Waals surface area contributed by atoms with E-state index in [1.54, 1.807) is 0 Å². The number of carbonyl (C=O) groups excluding carboxylic acids is 1. The topological polar surface area (TPSA) is 98.7 Å². The summed E-state index contributed by atoms with van der Waals surface area (Å²) in [5, 5.41) is 21.6. The van der Waals surface area contributed by atoms with Gasteiger partial charge in [0.2, 0.25) is 0 Å². The van der Waals surface area contributed by atoms with Crippen molar-refractivity contribution >= 4 is 12.0 Å². The zero-order valence-corrected chi connectivity index (χ0v) is 10.6. The molecule has 0 radical (unpaired) electrons. The van der Waals surface area contributed by atoms with E-state index in [9.17, 15) is 22.8 Å². The van der Waals surface area contributed by atoms with Crippen LogP contribution in [0.4, 0.5) is 18.0 Å². The van der Waals surface area contributed by atoms with Gasteiger partial charge in [-0.1, -0.05) is 12.1 Å². The number of carboxylic acid groups (broad SMARTS) is 1. The minimum atomic E-state index is -4.47. The van der Waals surface area contributed by atoms with Crippen molar-refractivity contribution in [1.82, 2.24) is 10.6 Å². The van der Waals surface area contributed by atoms with Gasteiger partial charge in [-0.05, 0) is 17.7 Å². The van der Waals surface area contributed by atoms with Crippen LogP contribution in [0.1, 0.15) is 11.1 Å². The Hall–Kier alpha value is -2.29. The van der Waals surface area contributed by atoms with Gasteiger partial charge in [0, 0.05) is 6.54 Å². The lowest BCUT2D eigenvalue weighted by Gasteiger charge is -2.11. The normalized spacial score (nSPS) is 12.6. The molecule has 0 aromatic heterocycles. The van der Waals surface area contributed by atoms with E-state index < -0.39 is 36.4 Å². The van der Waals surface area contributed by atoms with E-state index in [4.69, 9.17) is 10.2 Å². The third kappa shape index (κ3) is 5.69. The minimum Gasteiger partial charge on any atom is -0.479 e. The maximum Gasteiger partial charge on any atom is 0.416 e. The summed E-state index contributed by atoms with van der Waals surface area (Å²) in [6, 6.07) is 3.62. The lowest BCUT2D eigenvalue weighted by Crippen LogP contribution is -2.41. The minimum absolute atomic E-state index is 0.168. The molecule has 0 bridgehead atoms. The molecule has 1 rings (SSSR count). The number of aliphatic hydroxyl groups excluding tert-OH is 1. The molecule has 0 aliphatic rings. The highest BCUT2D eigenvalue weighted by Gasteiger charge is 2.30. The summed E-state index contributed by atoms with van der Waals surface area (Å²) in [6.07, 6.45) is -6.21. The highest BCUT2D eigenvalue weighted by atomic mass is 19.4. The first-order valence-corrected chi connectivity index (χ1v) is 5.79. The number of carbonyl (C=O) groups is 2. The van der Waals surface area contributed by atoms with Crippen molar-refractivity contribution in [3.63, 3.8) is 0 Å². The summed E-state index contributed by atoms with van der Waals surface area (Å²) < 4.78 is 37.4. The summed E-state index contributed by atoms with van der Waals surface area (Å²) in [5.41, 5.74) is -0.595. The average Bonchev–Trinajstić information content (AvgIpc) is 2.41. The predicted molar refractivity (Wildman–Crippen MR) is 65.3 cm³/mol. The Bertz CT molecular complexity index is 519. The van der Waals surface area contributed by atoms with E-state index in [1.807, 2.05) is 0 Å². The number of aliphatic carboxylic acids is 1. The number of amides is 2. The van der Waals surface area contributed by atoms with E-state index >= 15 is 0 Å². The summed E-state index contributed by atoms with van der Waals surface area (Å²) in [7, 11) is 0. The summed E-state index contributed by atoms with van der Waals surface area (Å²) in [6.45, 7) is -0.678. The number of aliphatic hydroxyl groups is 1. The Labute approximate surface area is 117 Å². The van der Waals surface area contributed by atoms with Gasteiger partial charge < -0.3 is 20.8 Å². The van der Waals surface area contributed by atoms with Gasteiger partial charge in [0.1, 0.15) is 0 Å². The first-order chi connectivity index (χ1) is 9.70. The fourth-order valence-electron chi connectivity index (χ4n) is 1.38. The molecule has 21 heavy (non-hydrogen) atoms. The summed E-state index contributed by atoms with van der Waals surface area (Å²) >= 11 is 0. The molecular formula is C12H13F3N2O4. The molecule has 2 amide bonds. The van der Waals surface area contributed by atoms with Crippen molar-refractivity contribution in [2.24, 2.45) is 0 Å². The predicted octanol–water partition coefficient (Wildman–Crippen LogP) is 0.950. The second-order valence-corrected chi connectivity index (χ2v) is 4.12. The third-order valence-corrected chi connectivity index (χ3v) is 2.45. The van der Waals surface area contributed by atoms with Crippen molar-refractivity contribution in [2.75, 3.05) is 6.54 Å². The second kappa shape index (κ2) is 6.93. The van der Waals surface area contributed by atoms with Crippen LogP contribution in [0.2, 0.25) is 0 Å². The molecule has 0 saturated heterocycles. The van der Waals surface area contributed by atoms with Gasteiger partial charge in [-0.3, -0.25) is 0 Å². The number of hydrogen-bond acceptors (Lipinski definition) is 3. The lowest BCUT2D eigenvalue weighted by atomic mass is 10.1. The zero-order valence-electron chi connectivity index (χ0n) is 10.6. The Morgan fingerprint density at radius 2 is 1.90 bits per heavy atom. The largest absolute Gasteiger partial charge is 0.479 e. The smallest absolute Gasteiger partial charge is 0.416 e. The molecule has 9 heteroatoms. The standard InChI is InChI=1S/C12H13F3N2O4/c13-12(14,15)8-3-1-2-7(4-8)5-16-11(21)17-6-9(18)10(19)20/h1-4,9,18H,5-6H2,(H,19,20)(H2,16,17,21)/t9-/m0/s1.